The number of carbonyl (C=O) groups is 2. The molecular weight excluding hydrogens is 868 g/mol. The fourth-order valence-electron chi connectivity index (χ4n) is 7.27. The maximum atomic E-state index is 13.1. The van der Waals surface area contributed by atoms with Crippen molar-refractivity contribution < 1.29 is 24.7 Å². The molecule has 63 heavy (non-hydrogen) atoms. The second-order valence-corrected chi connectivity index (χ2v) is 20.5. The van der Waals surface area contributed by atoms with Gasteiger partial charge in [0.1, 0.15) is 28.0 Å². The summed E-state index contributed by atoms with van der Waals surface area (Å²) in [5.74, 6) is -1.17. The van der Waals surface area contributed by atoms with Crippen molar-refractivity contribution in [1.82, 2.24) is 9.97 Å². The molecule has 4 aromatic carbocycles. The van der Waals surface area contributed by atoms with Gasteiger partial charge in [0, 0.05) is 52.1 Å². The molecule has 14 nitrogen and oxygen atoms in total. The van der Waals surface area contributed by atoms with Gasteiger partial charge in [0.2, 0.25) is 10.9 Å². The molecule has 2 amide bonds. The lowest BCUT2D eigenvalue weighted by atomic mass is 9.79. The van der Waals surface area contributed by atoms with E-state index in [2.05, 4.69) is 36.5 Å². The molecule has 0 bridgehead atoms. The molecule has 332 valence electrons. The summed E-state index contributed by atoms with van der Waals surface area (Å²) >= 11 is 3.27. The summed E-state index contributed by atoms with van der Waals surface area (Å²) in [6.45, 7) is 24.0. The number of aromatic amines is 2. The zero-order valence-corrected chi connectivity index (χ0v) is 39.2. The molecule has 0 aliphatic carbocycles. The van der Waals surface area contributed by atoms with Gasteiger partial charge in [0.25, 0.3) is 17.5 Å². The maximum Gasteiger partial charge on any atom is 0.282 e. The number of phenolic OH excluding ortho intramolecular Hbond substituents is 2. The summed E-state index contributed by atoms with van der Waals surface area (Å²) in [6, 6.07) is 14.6. The van der Waals surface area contributed by atoms with Crippen LogP contribution in [0, 0.1) is 10.1 Å². The van der Waals surface area contributed by atoms with Crippen molar-refractivity contribution >= 4 is 72.3 Å². The number of nitrogens with zero attached hydrogens (tertiary/aromatic N) is 1. The fraction of sp³-hybridized carbons (Fsp3) is 0.333. The second-order valence-electron chi connectivity index (χ2n) is 19.6. The van der Waals surface area contributed by atoms with Crippen LogP contribution in [-0.2, 0) is 21.7 Å². The Kier molecular flexibility index (Phi) is 12.8. The number of aromatic nitrogens is 2. The number of nitro groups is 1. The van der Waals surface area contributed by atoms with E-state index in [4.69, 9.17) is 5.73 Å². The van der Waals surface area contributed by atoms with E-state index in [1.165, 1.54) is 30.6 Å². The van der Waals surface area contributed by atoms with Crippen molar-refractivity contribution in [2.75, 3.05) is 16.4 Å². The van der Waals surface area contributed by atoms with E-state index >= 15 is 0 Å². The van der Waals surface area contributed by atoms with Crippen LogP contribution < -0.4 is 27.2 Å². The summed E-state index contributed by atoms with van der Waals surface area (Å²) in [6.07, 6.45) is 2.62. The minimum Gasteiger partial charge on any atom is -0.508 e. The van der Waals surface area contributed by atoms with E-state index in [1.807, 2.05) is 95.2 Å². The first-order valence-corrected chi connectivity index (χ1v) is 21.0. The van der Waals surface area contributed by atoms with Crippen LogP contribution >= 0.6 is 15.9 Å². The van der Waals surface area contributed by atoms with Crippen LogP contribution in [0.3, 0.4) is 0 Å². The van der Waals surface area contributed by atoms with Crippen molar-refractivity contribution in [3.8, 4) is 11.5 Å². The lowest BCUT2D eigenvalue weighted by Crippen LogP contribution is -2.25. The molecule has 0 spiro atoms. The monoisotopic (exact) mass is 922 g/mol. The Labute approximate surface area is 373 Å². The van der Waals surface area contributed by atoms with Gasteiger partial charge in [-0.15, -0.1) is 0 Å². The Bertz CT molecular complexity index is 2940. The Morgan fingerprint density at radius 2 is 1.08 bits per heavy atom. The third-order valence-electron chi connectivity index (χ3n) is 10.6. The van der Waals surface area contributed by atoms with E-state index in [0.29, 0.717) is 27.1 Å². The van der Waals surface area contributed by atoms with Crippen LogP contribution in [0.5, 0.6) is 11.5 Å². The Balaban J connectivity index is 0.000000239. The number of halogens is 1. The molecule has 0 fully saturated rings. The van der Waals surface area contributed by atoms with Gasteiger partial charge < -0.3 is 36.5 Å². The largest absolute Gasteiger partial charge is 0.508 e. The first-order valence-electron chi connectivity index (χ1n) is 20.2. The summed E-state index contributed by atoms with van der Waals surface area (Å²) < 4.78 is 0.463. The van der Waals surface area contributed by atoms with Gasteiger partial charge >= 0.3 is 0 Å². The highest BCUT2D eigenvalue weighted by Gasteiger charge is 2.29. The SMILES string of the molecule is CC(C)(C)c1cc(C(C)(C)C)c(NC(=O)c2c[nH]c3c(Br)ccc([N+](=O)[O-])c3c2=O)cc1O.CC(C)(C)c1cc(C(C)(C)C)c(NC(=O)c2c[nH]c3cccc(N)c3c2=O)cc1O. The summed E-state index contributed by atoms with van der Waals surface area (Å²) in [7, 11) is 0. The number of anilines is 3. The summed E-state index contributed by atoms with van der Waals surface area (Å²) in [5.41, 5.74) is 7.90. The molecule has 0 radical (unpaired) electrons. The predicted molar refractivity (Wildman–Crippen MR) is 255 cm³/mol. The standard InChI is InChI=1S/C24H26BrN3O5.C24H29N3O3/c1-23(2,3)13-9-14(24(4,5)6)18(29)10-16(13)27-22(31)12-11-26-20-15(25)7-8-17(28(32)33)19(20)21(12)30;1-23(2,3)14-10-15(24(4,5)6)19(28)11-18(14)27-22(30)13-12-26-17-9-7-8-16(25)20(17)21(13)29/h7-11,29H,1-6H3,(H,26,30)(H,27,31);7-12,28H,25H2,1-6H3,(H,26,29)(H,27,30). The number of rotatable bonds is 5. The summed E-state index contributed by atoms with van der Waals surface area (Å²) in [5, 5.41) is 38.3. The number of carbonyl (C=O) groups excluding carboxylic acids is 2. The molecule has 2 heterocycles. The lowest BCUT2D eigenvalue weighted by Gasteiger charge is -2.28. The number of nitrogens with one attached hydrogen (secondary N) is 4. The number of amides is 2. The molecular formula is C48H55BrN6O8. The van der Waals surface area contributed by atoms with Gasteiger partial charge in [-0.25, -0.2) is 0 Å². The number of nitro benzene ring substituents is 1. The highest BCUT2D eigenvalue weighted by Crippen LogP contribution is 2.41. The topological polar surface area (TPSA) is 234 Å². The van der Waals surface area contributed by atoms with Crippen molar-refractivity contribution in [1.29, 1.82) is 0 Å². The van der Waals surface area contributed by atoms with E-state index in [9.17, 15) is 39.5 Å². The van der Waals surface area contributed by atoms with E-state index in [0.717, 1.165) is 22.3 Å². The van der Waals surface area contributed by atoms with Crippen molar-refractivity contribution in [2.24, 2.45) is 0 Å². The van der Waals surface area contributed by atoms with E-state index < -0.39 is 33.3 Å². The molecule has 0 saturated carbocycles. The van der Waals surface area contributed by atoms with Crippen LogP contribution in [0.2, 0.25) is 0 Å². The normalized spacial score (nSPS) is 12.1. The number of phenols is 2. The smallest absolute Gasteiger partial charge is 0.282 e. The minimum atomic E-state index is -0.762. The van der Waals surface area contributed by atoms with Gasteiger partial charge in [-0.3, -0.25) is 29.3 Å². The zero-order chi connectivity index (χ0) is 47.3. The van der Waals surface area contributed by atoms with Gasteiger partial charge in [0.05, 0.1) is 21.3 Å². The number of aromatic hydroxyl groups is 2. The van der Waals surface area contributed by atoms with Gasteiger partial charge in [0.15, 0.2) is 0 Å². The molecule has 6 rings (SSSR count). The lowest BCUT2D eigenvalue weighted by molar-refractivity contribution is -0.383. The molecule has 0 saturated heterocycles. The van der Waals surface area contributed by atoms with Crippen LogP contribution in [0.25, 0.3) is 21.8 Å². The van der Waals surface area contributed by atoms with Crippen LogP contribution in [0.15, 0.2) is 81.1 Å². The first-order chi connectivity index (χ1) is 28.9. The number of non-ortho nitro benzene ring substituents is 1. The second kappa shape index (κ2) is 17.0. The molecule has 0 unspecified atom stereocenters. The number of fused-ring (bicyclic) bond motifs is 2. The molecule has 8 N–H and O–H groups in total. The average Bonchev–Trinajstić information content (AvgIpc) is 3.13. The average molecular weight is 924 g/mol. The number of pyridine rings is 2. The number of H-pyrrole nitrogens is 2. The molecule has 15 heteroatoms. The van der Waals surface area contributed by atoms with Crippen LogP contribution in [0.1, 0.15) is 126 Å². The van der Waals surface area contributed by atoms with Crippen molar-refractivity contribution in [3.05, 3.63) is 135 Å². The Hall–Kier alpha value is -6.48. The quantitative estimate of drug-likeness (QED) is 0.0494. The number of benzene rings is 4. The number of hydrogen-bond acceptors (Lipinski definition) is 9. The number of hydrogen-bond donors (Lipinski definition) is 7. The van der Waals surface area contributed by atoms with Gasteiger partial charge in [-0.1, -0.05) is 89.2 Å². The molecule has 2 aromatic heterocycles. The number of nitrogens with two attached hydrogens (primary N) is 1. The van der Waals surface area contributed by atoms with E-state index in [-0.39, 0.29) is 60.6 Å². The van der Waals surface area contributed by atoms with E-state index in [1.54, 1.807) is 24.3 Å². The highest BCUT2D eigenvalue weighted by molar-refractivity contribution is 9.10. The molecule has 6 aromatic rings. The molecule has 0 aliphatic heterocycles. The molecule has 0 aliphatic rings. The highest BCUT2D eigenvalue weighted by atomic mass is 79.9. The van der Waals surface area contributed by atoms with Gasteiger partial charge in [-0.2, -0.15) is 0 Å². The molecule has 0 atom stereocenters. The summed E-state index contributed by atoms with van der Waals surface area (Å²) in [4.78, 5) is 68.7. The fourth-order valence-corrected chi connectivity index (χ4v) is 7.72. The van der Waals surface area contributed by atoms with Crippen molar-refractivity contribution in [3.63, 3.8) is 0 Å². The first kappa shape index (κ1) is 47.6. The third-order valence-corrected chi connectivity index (χ3v) is 11.3. The zero-order valence-electron chi connectivity index (χ0n) is 37.6. The number of nitrogen functional groups attached to an aromatic ring is 1. The Morgan fingerprint density at radius 3 is 1.51 bits per heavy atom. The van der Waals surface area contributed by atoms with Crippen molar-refractivity contribution in [2.45, 2.75) is 105 Å². The third kappa shape index (κ3) is 9.93. The van der Waals surface area contributed by atoms with Crippen LogP contribution in [0.4, 0.5) is 22.7 Å². The maximum absolute atomic E-state index is 13.1. The minimum absolute atomic E-state index is 0.0257. The van der Waals surface area contributed by atoms with Crippen LogP contribution in [-0.4, -0.2) is 36.9 Å². The van der Waals surface area contributed by atoms with Gasteiger partial charge in [-0.05, 0) is 90.2 Å². The Morgan fingerprint density at radius 1 is 0.651 bits per heavy atom. The predicted octanol–water partition coefficient (Wildman–Crippen LogP) is 10.4.